The molecule has 9 heteroatoms. The Balaban J connectivity index is 1.47. The molecule has 1 unspecified atom stereocenters. The van der Waals surface area contributed by atoms with Crippen LogP contribution in [-0.4, -0.2) is 16.8 Å². The predicted molar refractivity (Wildman–Crippen MR) is 173 cm³/mol. The number of aromatic nitrogens is 1. The number of carbonyl (C=O) groups is 2. The van der Waals surface area contributed by atoms with Gasteiger partial charge in [0, 0.05) is 11.1 Å². The molecule has 0 aliphatic carbocycles. The minimum absolute atomic E-state index is 0.0519. The summed E-state index contributed by atoms with van der Waals surface area (Å²) in [6.07, 6.45) is 0. The molecule has 0 bridgehead atoms. The zero-order valence-corrected chi connectivity index (χ0v) is 25.7. The lowest BCUT2D eigenvalue weighted by atomic mass is 9.84. The number of carbonyl (C=O) groups excluding carboxylic acids is 2. The first-order valence-electron chi connectivity index (χ1n) is 14.6. The fourth-order valence-corrected chi connectivity index (χ4v) is 8.02. The average molecular weight is 616 g/mol. The van der Waals surface area contributed by atoms with E-state index in [1.807, 2.05) is 39.8 Å². The largest absolute Gasteiger partial charge is 0.450 e. The van der Waals surface area contributed by atoms with Gasteiger partial charge in [-0.1, -0.05) is 53.8 Å². The molecule has 222 valence electrons. The van der Waals surface area contributed by atoms with Crippen LogP contribution in [0.25, 0.3) is 21.2 Å². The number of nitrogens with zero attached hydrogens (tertiary/aromatic N) is 3. The molecule has 1 spiro atoms. The van der Waals surface area contributed by atoms with E-state index in [-0.39, 0.29) is 34.0 Å². The molecule has 4 aromatic carbocycles. The summed E-state index contributed by atoms with van der Waals surface area (Å²) < 4.78 is 22.1. The molecule has 1 atom stereocenters. The van der Waals surface area contributed by atoms with E-state index in [4.69, 9.17) is 9.40 Å². The van der Waals surface area contributed by atoms with E-state index < -0.39 is 28.6 Å². The van der Waals surface area contributed by atoms with Crippen molar-refractivity contribution < 1.29 is 18.4 Å². The van der Waals surface area contributed by atoms with Crippen molar-refractivity contribution in [2.75, 3.05) is 9.80 Å². The number of thiazole rings is 1. The second-order valence-electron chi connectivity index (χ2n) is 11.8. The number of fused-ring (bicyclic) bond motifs is 6. The number of hydrogen-bond donors (Lipinski definition) is 0. The zero-order valence-electron chi connectivity index (χ0n) is 24.9. The maximum atomic E-state index is 15.1. The first-order valence-corrected chi connectivity index (χ1v) is 15.4. The molecular weight excluding hydrogens is 589 g/mol. The standard InChI is InChI=1S/C36H26FN3O4S/c1-18-13-21(4)30-28(14-18)45-35(38-30)40-33(42)32-29(31(41)23-15-19(2)20(3)16-27(23)44-32)36(40)24-10-6-8-12-26(24)39(34(36)43)17-22-9-5-7-11-25(22)37/h5-16H,17H2,1-4H3. The van der Waals surface area contributed by atoms with Gasteiger partial charge in [0.1, 0.15) is 11.4 Å². The number of amides is 2. The third-order valence-electron chi connectivity index (χ3n) is 9.04. The van der Waals surface area contributed by atoms with E-state index in [0.717, 1.165) is 27.0 Å². The summed E-state index contributed by atoms with van der Waals surface area (Å²) in [6, 6.07) is 20.8. The van der Waals surface area contributed by atoms with Gasteiger partial charge in [0.2, 0.25) is 5.76 Å². The molecule has 0 saturated carbocycles. The normalized spacial score (nSPS) is 17.3. The van der Waals surface area contributed by atoms with Crippen molar-refractivity contribution >= 4 is 55.2 Å². The highest BCUT2D eigenvalue weighted by atomic mass is 32.1. The summed E-state index contributed by atoms with van der Waals surface area (Å²) in [5.41, 5.74) is 3.49. The molecule has 8 rings (SSSR count). The van der Waals surface area contributed by atoms with Gasteiger partial charge in [-0.05, 0) is 80.3 Å². The monoisotopic (exact) mass is 615 g/mol. The summed E-state index contributed by atoms with van der Waals surface area (Å²) in [5, 5.41) is 0.543. The lowest BCUT2D eigenvalue weighted by molar-refractivity contribution is -0.121. The average Bonchev–Trinajstić information content (AvgIpc) is 3.62. The van der Waals surface area contributed by atoms with E-state index in [2.05, 4.69) is 0 Å². The Bertz CT molecular complexity index is 2360. The van der Waals surface area contributed by atoms with Crippen molar-refractivity contribution in [1.82, 2.24) is 4.98 Å². The van der Waals surface area contributed by atoms with Gasteiger partial charge in [0.05, 0.1) is 33.4 Å². The third kappa shape index (κ3) is 3.61. The quantitative estimate of drug-likeness (QED) is 0.210. The molecule has 4 heterocycles. The van der Waals surface area contributed by atoms with Crippen LogP contribution >= 0.6 is 11.3 Å². The van der Waals surface area contributed by atoms with Crippen LogP contribution in [0.15, 0.2) is 82.0 Å². The molecule has 6 aromatic rings. The van der Waals surface area contributed by atoms with Gasteiger partial charge in [-0.3, -0.25) is 19.3 Å². The zero-order chi connectivity index (χ0) is 31.4. The van der Waals surface area contributed by atoms with Gasteiger partial charge in [-0.15, -0.1) is 0 Å². The Kier molecular flexibility index (Phi) is 5.74. The van der Waals surface area contributed by atoms with Crippen molar-refractivity contribution in [2.24, 2.45) is 0 Å². The lowest BCUT2D eigenvalue weighted by Crippen LogP contribution is -2.53. The molecule has 2 aromatic heterocycles. The lowest BCUT2D eigenvalue weighted by Gasteiger charge is -2.32. The summed E-state index contributed by atoms with van der Waals surface area (Å²) in [4.78, 5) is 52.1. The van der Waals surface area contributed by atoms with Gasteiger partial charge < -0.3 is 9.32 Å². The SMILES string of the molecule is Cc1cc(C)c2nc(N3C(=O)c4oc5cc(C)c(C)cc5c(=O)c4C34C(=O)N(Cc3ccccc3F)c3ccccc34)sc2c1. The molecular formula is C36H26FN3O4S. The maximum absolute atomic E-state index is 15.1. The molecule has 0 saturated heterocycles. The topological polar surface area (TPSA) is 83.7 Å². The smallest absolute Gasteiger partial charge is 0.297 e. The van der Waals surface area contributed by atoms with E-state index in [0.29, 0.717) is 22.3 Å². The first-order chi connectivity index (χ1) is 21.6. The summed E-state index contributed by atoms with van der Waals surface area (Å²) >= 11 is 1.28. The van der Waals surface area contributed by atoms with Gasteiger partial charge in [0.25, 0.3) is 11.8 Å². The maximum Gasteiger partial charge on any atom is 0.297 e. The van der Waals surface area contributed by atoms with Crippen LogP contribution < -0.4 is 15.2 Å². The summed E-state index contributed by atoms with van der Waals surface area (Å²) in [6.45, 7) is 7.63. The minimum Gasteiger partial charge on any atom is -0.450 e. The van der Waals surface area contributed by atoms with E-state index in [1.165, 1.54) is 27.2 Å². The second-order valence-corrected chi connectivity index (χ2v) is 12.9. The van der Waals surface area contributed by atoms with Gasteiger partial charge in [-0.2, -0.15) is 0 Å². The highest BCUT2D eigenvalue weighted by Crippen LogP contribution is 2.55. The number of aryl methyl sites for hydroxylation is 4. The highest BCUT2D eigenvalue weighted by Gasteiger charge is 2.66. The number of benzene rings is 4. The molecule has 0 fully saturated rings. The number of hydrogen-bond acceptors (Lipinski definition) is 6. The fraction of sp³-hybridized carbons (Fsp3) is 0.167. The molecule has 0 radical (unpaired) electrons. The number of rotatable bonds is 3. The first kappa shape index (κ1) is 27.4. The van der Waals surface area contributed by atoms with Gasteiger partial charge in [0.15, 0.2) is 16.1 Å². The molecule has 2 aliphatic rings. The van der Waals surface area contributed by atoms with Crippen LogP contribution in [0.5, 0.6) is 0 Å². The Morgan fingerprint density at radius 1 is 0.889 bits per heavy atom. The van der Waals surface area contributed by atoms with Crippen molar-refractivity contribution in [2.45, 2.75) is 39.8 Å². The van der Waals surface area contributed by atoms with Crippen molar-refractivity contribution in [3.8, 4) is 0 Å². The van der Waals surface area contributed by atoms with Crippen LogP contribution in [0, 0.1) is 33.5 Å². The Labute approximate surface area is 261 Å². The molecule has 7 nitrogen and oxygen atoms in total. The van der Waals surface area contributed by atoms with Crippen molar-refractivity contribution in [1.29, 1.82) is 0 Å². The Hall–Kier alpha value is -5.15. The molecule has 0 N–H and O–H groups in total. The number of para-hydroxylation sites is 1. The number of anilines is 2. The Morgan fingerprint density at radius 3 is 2.42 bits per heavy atom. The van der Waals surface area contributed by atoms with E-state index in [9.17, 15) is 14.0 Å². The van der Waals surface area contributed by atoms with Crippen LogP contribution in [0.3, 0.4) is 0 Å². The number of halogens is 1. The molecule has 2 aliphatic heterocycles. The Morgan fingerprint density at radius 2 is 1.62 bits per heavy atom. The van der Waals surface area contributed by atoms with Gasteiger partial charge in [-0.25, -0.2) is 9.37 Å². The molecule has 2 amide bonds. The van der Waals surface area contributed by atoms with E-state index in [1.54, 1.807) is 54.6 Å². The van der Waals surface area contributed by atoms with Crippen LogP contribution in [0.2, 0.25) is 0 Å². The highest BCUT2D eigenvalue weighted by molar-refractivity contribution is 7.22. The van der Waals surface area contributed by atoms with Crippen LogP contribution in [0.1, 0.15) is 49.5 Å². The van der Waals surface area contributed by atoms with E-state index >= 15 is 4.79 Å². The van der Waals surface area contributed by atoms with Gasteiger partial charge >= 0.3 is 0 Å². The summed E-state index contributed by atoms with van der Waals surface area (Å²) in [5.74, 6) is -1.84. The molecule has 45 heavy (non-hydrogen) atoms. The predicted octanol–water partition coefficient (Wildman–Crippen LogP) is 7.23. The van der Waals surface area contributed by atoms with Crippen molar-refractivity contribution in [3.05, 3.63) is 134 Å². The second kappa shape index (κ2) is 9.42. The third-order valence-corrected chi connectivity index (χ3v) is 10.0. The fourth-order valence-electron chi connectivity index (χ4n) is 6.83. The van der Waals surface area contributed by atoms with Crippen molar-refractivity contribution in [3.63, 3.8) is 0 Å². The summed E-state index contributed by atoms with van der Waals surface area (Å²) in [7, 11) is 0. The minimum atomic E-state index is -1.92. The van der Waals surface area contributed by atoms with Crippen LogP contribution in [-0.2, 0) is 16.9 Å². The van der Waals surface area contributed by atoms with Crippen LogP contribution in [0.4, 0.5) is 15.2 Å².